The highest BCUT2D eigenvalue weighted by Crippen LogP contribution is 2.34. The number of halogens is 1. The number of aromatic nitrogens is 2. The van der Waals surface area contributed by atoms with E-state index in [-0.39, 0.29) is 35.2 Å². The maximum absolute atomic E-state index is 13.0. The Labute approximate surface area is 191 Å². The highest BCUT2D eigenvalue weighted by molar-refractivity contribution is 7.99. The molecule has 1 atom stereocenters. The summed E-state index contributed by atoms with van der Waals surface area (Å²) in [7, 11) is -3.05. The molecule has 0 bridgehead atoms. The predicted molar refractivity (Wildman–Crippen MR) is 124 cm³/mol. The lowest BCUT2D eigenvalue weighted by molar-refractivity contribution is -0.130. The molecule has 2 N–H and O–H groups in total. The summed E-state index contributed by atoms with van der Waals surface area (Å²) >= 11 is 7.24. The van der Waals surface area contributed by atoms with Gasteiger partial charge in [0.15, 0.2) is 15.0 Å². The zero-order valence-electron chi connectivity index (χ0n) is 17.3. The minimum absolute atomic E-state index is 0.0587. The predicted octanol–water partition coefficient (Wildman–Crippen LogP) is 3.21. The molecule has 2 aliphatic rings. The largest absolute Gasteiger partial charge is 0.383 e. The summed E-state index contributed by atoms with van der Waals surface area (Å²) in [6.45, 7) is 2.00. The molecule has 31 heavy (non-hydrogen) atoms. The average molecular weight is 481 g/mol. The van der Waals surface area contributed by atoms with Crippen molar-refractivity contribution >= 4 is 44.9 Å². The molecule has 1 aliphatic heterocycles. The van der Waals surface area contributed by atoms with Gasteiger partial charge in [0.2, 0.25) is 5.91 Å². The molecular weight excluding hydrogens is 456 g/mol. The number of carbonyl (C=O) groups excluding carboxylic acids is 1. The number of hydrogen-bond donors (Lipinski definition) is 1. The highest BCUT2D eigenvalue weighted by Gasteiger charge is 2.41. The zero-order chi connectivity index (χ0) is 22.2. The summed E-state index contributed by atoms with van der Waals surface area (Å²) in [5.41, 5.74) is 8.75. The first-order valence-electron chi connectivity index (χ1n) is 10.3. The van der Waals surface area contributed by atoms with Gasteiger partial charge in [-0.2, -0.15) is 0 Å². The molecule has 166 valence electrons. The minimum atomic E-state index is -3.05. The van der Waals surface area contributed by atoms with E-state index in [9.17, 15) is 13.2 Å². The quantitative estimate of drug-likeness (QED) is 0.479. The van der Waals surface area contributed by atoms with Crippen LogP contribution in [0.15, 0.2) is 29.4 Å². The molecule has 2 heterocycles. The fraction of sp³-hybridized carbons (Fsp3) is 0.476. The van der Waals surface area contributed by atoms with Crippen LogP contribution in [-0.2, 0) is 21.1 Å². The smallest absolute Gasteiger partial charge is 0.233 e. The Morgan fingerprint density at radius 2 is 1.90 bits per heavy atom. The molecule has 4 rings (SSSR count). The fourth-order valence-corrected chi connectivity index (χ4v) is 6.58. The topological polar surface area (TPSA) is 106 Å². The average Bonchev–Trinajstić information content (AvgIpc) is 3.49. The molecule has 10 heteroatoms. The maximum Gasteiger partial charge on any atom is 0.233 e. The number of sulfone groups is 1. The van der Waals surface area contributed by atoms with Crippen molar-refractivity contribution in [2.75, 3.05) is 23.0 Å². The van der Waals surface area contributed by atoms with Crippen LogP contribution in [-0.4, -0.2) is 58.5 Å². The van der Waals surface area contributed by atoms with Crippen molar-refractivity contribution in [3.63, 3.8) is 0 Å². The summed E-state index contributed by atoms with van der Waals surface area (Å²) in [5, 5.41) is 1.09. The normalized spacial score (nSPS) is 20.0. The van der Waals surface area contributed by atoms with E-state index < -0.39 is 9.84 Å². The minimum Gasteiger partial charge on any atom is -0.383 e. The van der Waals surface area contributed by atoms with Gasteiger partial charge in [-0.3, -0.25) is 4.79 Å². The second-order valence-corrected chi connectivity index (χ2v) is 11.6. The Bertz CT molecular complexity index is 1090. The van der Waals surface area contributed by atoms with E-state index >= 15 is 0 Å². The third-order valence-electron chi connectivity index (χ3n) is 5.61. The standard InChI is InChI=1S/C21H25ClN4O3S2/c1-2-17-19(13-3-5-14(22)6-4-13)20(23)25-21(24-17)30-11-18(27)26(15-7-8-15)16-9-10-31(28,29)12-16/h3-6,15-16H,2,7-12H2,1H3,(H2,23,24,25)/t16-/m0/s1. The van der Waals surface area contributed by atoms with E-state index in [0.29, 0.717) is 28.8 Å². The second kappa shape index (κ2) is 8.96. The van der Waals surface area contributed by atoms with Crippen LogP contribution in [0, 0.1) is 0 Å². The Hall–Kier alpha value is -1.84. The van der Waals surface area contributed by atoms with Gasteiger partial charge in [-0.15, -0.1) is 0 Å². The Balaban J connectivity index is 1.49. The summed E-state index contributed by atoms with van der Waals surface area (Å²) in [5.74, 6) is 0.698. The van der Waals surface area contributed by atoms with Gasteiger partial charge in [0.25, 0.3) is 0 Å². The van der Waals surface area contributed by atoms with Gasteiger partial charge in [0, 0.05) is 22.7 Å². The summed E-state index contributed by atoms with van der Waals surface area (Å²) in [6.07, 6.45) is 3.06. The number of hydrogen-bond acceptors (Lipinski definition) is 7. The van der Waals surface area contributed by atoms with E-state index in [2.05, 4.69) is 9.97 Å². The van der Waals surface area contributed by atoms with Crippen molar-refractivity contribution in [2.24, 2.45) is 0 Å². The van der Waals surface area contributed by atoms with E-state index in [0.717, 1.165) is 29.7 Å². The summed E-state index contributed by atoms with van der Waals surface area (Å²) in [6, 6.07) is 7.32. The van der Waals surface area contributed by atoms with Gasteiger partial charge in [-0.25, -0.2) is 18.4 Å². The lowest BCUT2D eigenvalue weighted by Gasteiger charge is -2.28. The maximum atomic E-state index is 13.0. The van der Waals surface area contributed by atoms with Crippen molar-refractivity contribution in [2.45, 2.75) is 49.8 Å². The van der Waals surface area contributed by atoms with Crippen LogP contribution >= 0.6 is 23.4 Å². The molecular formula is C21H25ClN4O3S2. The Kier molecular flexibility index (Phi) is 6.46. The van der Waals surface area contributed by atoms with Crippen LogP contribution in [0.3, 0.4) is 0 Å². The monoisotopic (exact) mass is 480 g/mol. The van der Waals surface area contributed by atoms with Gasteiger partial charge >= 0.3 is 0 Å². The number of nitrogens with two attached hydrogens (primary N) is 1. The number of benzene rings is 1. The molecule has 0 unspecified atom stereocenters. The molecule has 0 radical (unpaired) electrons. The first-order valence-corrected chi connectivity index (χ1v) is 13.5. The van der Waals surface area contributed by atoms with E-state index in [4.69, 9.17) is 17.3 Å². The van der Waals surface area contributed by atoms with Gasteiger partial charge in [0.1, 0.15) is 5.82 Å². The molecule has 1 aliphatic carbocycles. The number of nitrogen functional groups attached to an aromatic ring is 1. The van der Waals surface area contributed by atoms with Crippen molar-refractivity contribution in [3.05, 3.63) is 35.0 Å². The molecule has 1 saturated heterocycles. The fourth-order valence-electron chi connectivity index (χ4n) is 4.01. The van der Waals surface area contributed by atoms with Gasteiger partial charge in [0.05, 0.1) is 23.0 Å². The first-order chi connectivity index (χ1) is 14.8. The molecule has 1 aromatic carbocycles. The Morgan fingerprint density at radius 1 is 1.19 bits per heavy atom. The second-order valence-electron chi connectivity index (χ2n) is 7.95. The number of rotatable bonds is 7. The third kappa shape index (κ3) is 5.15. The number of carbonyl (C=O) groups is 1. The van der Waals surface area contributed by atoms with Crippen molar-refractivity contribution in [1.29, 1.82) is 0 Å². The number of aryl methyl sites for hydroxylation is 1. The van der Waals surface area contributed by atoms with Crippen molar-refractivity contribution in [1.82, 2.24) is 14.9 Å². The van der Waals surface area contributed by atoms with E-state index in [1.54, 1.807) is 17.0 Å². The molecule has 0 spiro atoms. The van der Waals surface area contributed by atoms with Crippen LogP contribution in [0.4, 0.5) is 5.82 Å². The van der Waals surface area contributed by atoms with E-state index in [1.165, 1.54) is 11.8 Å². The van der Waals surface area contributed by atoms with Crippen LogP contribution in [0.2, 0.25) is 5.02 Å². The lowest BCUT2D eigenvalue weighted by Crippen LogP contribution is -2.43. The molecule has 1 aromatic heterocycles. The van der Waals surface area contributed by atoms with Crippen molar-refractivity contribution < 1.29 is 13.2 Å². The molecule has 1 amide bonds. The van der Waals surface area contributed by atoms with Crippen molar-refractivity contribution in [3.8, 4) is 11.1 Å². The molecule has 2 fully saturated rings. The van der Waals surface area contributed by atoms with Crippen LogP contribution in [0.5, 0.6) is 0 Å². The molecule has 1 saturated carbocycles. The van der Waals surface area contributed by atoms with Crippen LogP contribution < -0.4 is 5.73 Å². The van der Waals surface area contributed by atoms with Gasteiger partial charge in [-0.05, 0) is 43.4 Å². The van der Waals surface area contributed by atoms with Crippen LogP contribution in [0.1, 0.15) is 31.9 Å². The number of amides is 1. The zero-order valence-corrected chi connectivity index (χ0v) is 19.6. The first kappa shape index (κ1) is 22.4. The van der Waals surface area contributed by atoms with E-state index in [1.807, 2.05) is 19.1 Å². The molecule has 2 aromatic rings. The van der Waals surface area contributed by atoms with Gasteiger partial charge in [-0.1, -0.05) is 42.4 Å². The third-order valence-corrected chi connectivity index (χ3v) is 8.45. The summed E-state index contributed by atoms with van der Waals surface area (Å²) < 4.78 is 23.8. The summed E-state index contributed by atoms with van der Waals surface area (Å²) in [4.78, 5) is 23.8. The number of nitrogens with zero attached hydrogens (tertiary/aromatic N) is 3. The highest BCUT2D eigenvalue weighted by atomic mass is 35.5. The number of thioether (sulfide) groups is 1. The molecule has 7 nitrogen and oxygen atoms in total. The SMILES string of the molecule is CCc1nc(SCC(=O)N(C2CC2)[C@H]2CCS(=O)(=O)C2)nc(N)c1-c1ccc(Cl)cc1. The lowest BCUT2D eigenvalue weighted by atomic mass is 10.0. The number of anilines is 1. The van der Waals surface area contributed by atoms with Crippen LogP contribution in [0.25, 0.3) is 11.1 Å². The Morgan fingerprint density at radius 3 is 2.48 bits per heavy atom. The van der Waals surface area contributed by atoms with Gasteiger partial charge < -0.3 is 10.6 Å².